The van der Waals surface area contributed by atoms with Crippen molar-refractivity contribution in [2.75, 3.05) is 25.2 Å². The van der Waals surface area contributed by atoms with Gasteiger partial charge in [-0.3, -0.25) is 4.79 Å². The number of carbonyl (C=O) groups is 2. The van der Waals surface area contributed by atoms with Crippen molar-refractivity contribution >= 4 is 33.1 Å². The molecule has 1 aliphatic heterocycles. The standard InChI is InChI=1S/C16H15FN2O5S2/c1-24-16(21)12-9-26(22,23)7-6-19(12)15(20)13-8-18-14(25-13)10-4-2-3-5-11(10)17/h2-5,8,12H,6-7,9H2,1H3/t12-/m0/s1. The first-order chi connectivity index (χ1) is 12.3. The SMILES string of the molecule is COC(=O)[C@@H]1CS(=O)(=O)CCN1C(=O)c1cnc(-c2ccccc2F)s1. The molecule has 2 heterocycles. The summed E-state index contributed by atoms with van der Waals surface area (Å²) >= 11 is 0.979. The second kappa shape index (κ2) is 7.12. The summed E-state index contributed by atoms with van der Waals surface area (Å²) in [6, 6.07) is 4.84. The minimum Gasteiger partial charge on any atom is -0.467 e. The Hall–Kier alpha value is -2.33. The number of halogens is 1. The van der Waals surface area contributed by atoms with Crippen LogP contribution < -0.4 is 0 Å². The van der Waals surface area contributed by atoms with Crippen LogP contribution in [0.4, 0.5) is 4.39 Å². The summed E-state index contributed by atoms with van der Waals surface area (Å²) < 4.78 is 42.1. The summed E-state index contributed by atoms with van der Waals surface area (Å²) in [7, 11) is -2.30. The molecule has 1 saturated heterocycles. The molecule has 2 aromatic rings. The van der Waals surface area contributed by atoms with Crippen molar-refractivity contribution in [3.63, 3.8) is 0 Å². The molecule has 1 aromatic carbocycles. The predicted molar refractivity (Wildman–Crippen MR) is 93.0 cm³/mol. The molecule has 1 aromatic heterocycles. The first-order valence-corrected chi connectivity index (χ1v) is 10.3. The normalized spacial score (nSPS) is 19.2. The third-order valence-electron chi connectivity index (χ3n) is 3.99. The summed E-state index contributed by atoms with van der Waals surface area (Å²) in [5.41, 5.74) is 0.266. The Morgan fingerprint density at radius 1 is 1.35 bits per heavy atom. The highest BCUT2D eigenvalue weighted by molar-refractivity contribution is 7.91. The lowest BCUT2D eigenvalue weighted by Gasteiger charge is -2.33. The van der Waals surface area contributed by atoms with E-state index in [1.165, 1.54) is 17.2 Å². The van der Waals surface area contributed by atoms with E-state index in [1.54, 1.807) is 18.2 Å². The van der Waals surface area contributed by atoms with Crippen LogP contribution in [0.3, 0.4) is 0 Å². The molecular weight excluding hydrogens is 383 g/mol. The molecular formula is C16H15FN2O5S2. The summed E-state index contributed by atoms with van der Waals surface area (Å²) in [5, 5.41) is 0.325. The minimum atomic E-state index is -3.44. The van der Waals surface area contributed by atoms with E-state index in [2.05, 4.69) is 9.72 Å². The lowest BCUT2D eigenvalue weighted by molar-refractivity contribution is -0.145. The Kier molecular flexibility index (Phi) is 5.05. The van der Waals surface area contributed by atoms with Crippen molar-refractivity contribution in [2.45, 2.75) is 6.04 Å². The number of carbonyl (C=O) groups excluding carboxylic acids is 2. The number of hydrogen-bond donors (Lipinski definition) is 0. The fourth-order valence-corrected chi connectivity index (χ4v) is 4.99. The number of hydrogen-bond acceptors (Lipinski definition) is 7. The highest BCUT2D eigenvalue weighted by atomic mass is 32.2. The van der Waals surface area contributed by atoms with E-state index in [0.717, 1.165) is 18.4 Å². The average Bonchev–Trinajstić information content (AvgIpc) is 3.10. The van der Waals surface area contributed by atoms with Gasteiger partial charge in [0.15, 0.2) is 9.84 Å². The van der Waals surface area contributed by atoms with Gasteiger partial charge in [0.25, 0.3) is 5.91 Å². The van der Waals surface area contributed by atoms with Crippen LogP contribution in [0.25, 0.3) is 10.6 Å². The number of esters is 1. The van der Waals surface area contributed by atoms with Crippen molar-refractivity contribution in [1.29, 1.82) is 0 Å². The summed E-state index contributed by atoms with van der Waals surface area (Å²) in [6.07, 6.45) is 1.30. The topological polar surface area (TPSA) is 93.6 Å². The van der Waals surface area contributed by atoms with Crippen LogP contribution >= 0.6 is 11.3 Å². The molecule has 0 saturated carbocycles. The lowest BCUT2D eigenvalue weighted by Crippen LogP contribution is -2.55. The first kappa shape index (κ1) is 18.5. The number of thiazole rings is 1. The van der Waals surface area contributed by atoms with Crippen molar-refractivity contribution in [2.24, 2.45) is 0 Å². The van der Waals surface area contributed by atoms with E-state index in [4.69, 9.17) is 0 Å². The third kappa shape index (κ3) is 3.61. The molecule has 10 heteroatoms. The summed E-state index contributed by atoms with van der Waals surface area (Å²) in [6.45, 7) is -0.117. The monoisotopic (exact) mass is 398 g/mol. The molecule has 1 amide bonds. The zero-order chi connectivity index (χ0) is 18.9. The Bertz CT molecular complexity index is 957. The number of rotatable bonds is 3. The maximum Gasteiger partial charge on any atom is 0.329 e. The van der Waals surface area contributed by atoms with Gasteiger partial charge in [0, 0.05) is 12.1 Å². The Balaban J connectivity index is 1.89. The van der Waals surface area contributed by atoms with Crippen molar-refractivity contribution in [3.05, 3.63) is 41.2 Å². The largest absolute Gasteiger partial charge is 0.467 e. The van der Waals surface area contributed by atoms with Crippen molar-refractivity contribution < 1.29 is 27.1 Å². The van der Waals surface area contributed by atoms with Gasteiger partial charge in [0.05, 0.1) is 24.8 Å². The second-order valence-electron chi connectivity index (χ2n) is 5.66. The maximum absolute atomic E-state index is 13.9. The quantitative estimate of drug-likeness (QED) is 0.725. The molecule has 0 N–H and O–H groups in total. The van der Waals surface area contributed by atoms with Crippen LogP contribution in [0.2, 0.25) is 0 Å². The summed E-state index contributed by atoms with van der Waals surface area (Å²) in [5.74, 6) is -2.50. The van der Waals surface area contributed by atoms with Gasteiger partial charge < -0.3 is 9.64 Å². The zero-order valence-corrected chi connectivity index (χ0v) is 15.3. The zero-order valence-electron chi connectivity index (χ0n) is 13.7. The van der Waals surface area contributed by atoms with Crippen molar-refractivity contribution in [1.82, 2.24) is 9.88 Å². The Labute approximate surface area is 153 Å². The van der Waals surface area contributed by atoms with Gasteiger partial charge in [-0.05, 0) is 12.1 Å². The molecule has 138 valence electrons. The van der Waals surface area contributed by atoms with Gasteiger partial charge in [-0.15, -0.1) is 11.3 Å². The number of amides is 1. The van der Waals surface area contributed by atoms with Gasteiger partial charge in [-0.25, -0.2) is 22.6 Å². The van der Waals surface area contributed by atoms with Gasteiger partial charge in [-0.1, -0.05) is 12.1 Å². The number of methoxy groups -OCH3 is 1. The first-order valence-electron chi connectivity index (χ1n) is 7.62. The molecule has 1 fully saturated rings. The molecule has 0 unspecified atom stereocenters. The number of ether oxygens (including phenoxy) is 1. The smallest absolute Gasteiger partial charge is 0.329 e. The molecule has 0 aliphatic carbocycles. The van der Waals surface area contributed by atoms with Crippen LogP contribution in [0.15, 0.2) is 30.5 Å². The molecule has 3 rings (SSSR count). The fourth-order valence-electron chi connectivity index (χ4n) is 2.66. The molecule has 26 heavy (non-hydrogen) atoms. The minimum absolute atomic E-state index is 0.117. The molecule has 0 spiro atoms. The van der Waals surface area contributed by atoms with Gasteiger partial charge >= 0.3 is 5.97 Å². The highest BCUT2D eigenvalue weighted by Gasteiger charge is 2.40. The van der Waals surface area contributed by atoms with Gasteiger partial charge in [0.1, 0.15) is 21.7 Å². The average molecular weight is 398 g/mol. The van der Waals surface area contributed by atoms with E-state index >= 15 is 0 Å². The van der Waals surface area contributed by atoms with Gasteiger partial charge in [0.2, 0.25) is 0 Å². The molecule has 7 nitrogen and oxygen atoms in total. The highest BCUT2D eigenvalue weighted by Crippen LogP contribution is 2.29. The molecule has 1 aliphatic rings. The number of aromatic nitrogens is 1. The van der Waals surface area contributed by atoms with E-state index in [9.17, 15) is 22.4 Å². The third-order valence-corrected chi connectivity index (χ3v) is 6.63. The molecule has 1 atom stereocenters. The van der Waals surface area contributed by atoms with Crippen LogP contribution in [0.1, 0.15) is 9.67 Å². The number of nitrogens with zero attached hydrogens (tertiary/aromatic N) is 2. The van der Waals surface area contributed by atoms with E-state index in [1.807, 2.05) is 0 Å². The fraction of sp³-hybridized carbons (Fsp3) is 0.312. The van der Waals surface area contributed by atoms with E-state index < -0.39 is 39.3 Å². The number of benzene rings is 1. The maximum atomic E-state index is 13.9. The predicted octanol–water partition coefficient (Wildman–Crippen LogP) is 1.36. The van der Waals surface area contributed by atoms with E-state index in [-0.39, 0.29) is 22.7 Å². The van der Waals surface area contributed by atoms with E-state index in [0.29, 0.717) is 5.01 Å². The van der Waals surface area contributed by atoms with Crippen LogP contribution in [-0.4, -0.2) is 61.4 Å². The van der Waals surface area contributed by atoms with Crippen molar-refractivity contribution in [3.8, 4) is 10.6 Å². The Morgan fingerprint density at radius 2 is 2.08 bits per heavy atom. The van der Waals surface area contributed by atoms with Gasteiger partial charge in [-0.2, -0.15) is 0 Å². The Morgan fingerprint density at radius 3 is 2.77 bits per heavy atom. The lowest BCUT2D eigenvalue weighted by atomic mass is 10.2. The molecule has 0 radical (unpaired) electrons. The van der Waals surface area contributed by atoms with Crippen LogP contribution in [-0.2, 0) is 19.4 Å². The molecule has 0 bridgehead atoms. The second-order valence-corrected chi connectivity index (χ2v) is 8.92. The summed E-state index contributed by atoms with van der Waals surface area (Å²) in [4.78, 5) is 30.1. The van der Waals surface area contributed by atoms with Crippen LogP contribution in [0.5, 0.6) is 0 Å². The van der Waals surface area contributed by atoms with Crippen LogP contribution in [0, 0.1) is 5.82 Å². The number of sulfone groups is 1.